The molecule has 7 heavy (non-hydrogen) atoms. The Morgan fingerprint density at radius 2 is 2.71 bits per heavy atom. The molecule has 0 amide bonds. The number of hydrazine groups is 1. The van der Waals surface area contributed by atoms with Crippen molar-refractivity contribution in [3.63, 3.8) is 0 Å². The first-order valence-electron chi connectivity index (χ1n) is 1.92. The Morgan fingerprint density at radius 3 is 3.00 bits per heavy atom. The first-order chi connectivity index (χ1) is 3.39. The molecule has 1 rings (SSSR count). The third-order valence-corrected chi connectivity index (χ3v) is 0.798. The van der Waals surface area contributed by atoms with E-state index >= 15 is 0 Å². The Labute approximate surface area is 46.8 Å². The highest BCUT2D eigenvalue weighted by Crippen LogP contribution is 1.70. The summed E-state index contributed by atoms with van der Waals surface area (Å²) in [5, 5.41) is 0. The van der Waals surface area contributed by atoms with Crippen molar-refractivity contribution in [2.75, 3.05) is 6.67 Å². The Morgan fingerprint density at radius 1 is 1.86 bits per heavy atom. The fourth-order valence-corrected chi connectivity index (χ4v) is 0.480. The van der Waals surface area contributed by atoms with E-state index in [-0.39, 0.29) is 0 Å². The highest BCUT2D eigenvalue weighted by atomic mass is 32.1. The van der Waals surface area contributed by atoms with Gasteiger partial charge in [-0.25, -0.2) is 5.43 Å². The molecular weight excluding hydrogens is 110 g/mol. The zero-order valence-corrected chi connectivity index (χ0v) is 4.46. The maximum Gasteiger partial charge on any atom is 0.131 e. The number of thiocarbonyl (C=S) groups is 1. The van der Waals surface area contributed by atoms with Gasteiger partial charge in [0, 0.05) is 0 Å². The van der Waals surface area contributed by atoms with Crippen LogP contribution in [0.3, 0.4) is 0 Å². The van der Waals surface area contributed by atoms with Crippen molar-refractivity contribution in [1.29, 1.82) is 0 Å². The van der Waals surface area contributed by atoms with Gasteiger partial charge in [-0.3, -0.25) is 4.99 Å². The van der Waals surface area contributed by atoms with Gasteiger partial charge in [-0.1, -0.05) is 12.2 Å². The molecular formula is C3H5N3S. The van der Waals surface area contributed by atoms with Crippen LogP contribution in [0.1, 0.15) is 0 Å². The van der Waals surface area contributed by atoms with Gasteiger partial charge in [-0.2, -0.15) is 0 Å². The molecule has 0 aliphatic carbocycles. The number of nitrogens with one attached hydrogen (secondary N) is 2. The minimum atomic E-state index is 0.611. The average Bonchev–Trinajstić information content (AvgIpc) is 1.69. The number of nitrogens with zero attached hydrogens (tertiary/aromatic N) is 1. The summed E-state index contributed by atoms with van der Waals surface area (Å²) in [6.07, 6.45) is 1.62. The van der Waals surface area contributed by atoms with Crippen molar-refractivity contribution in [2.24, 2.45) is 4.99 Å². The van der Waals surface area contributed by atoms with Crippen LogP contribution >= 0.6 is 12.2 Å². The lowest BCUT2D eigenvalue weighted by Crippen LogP contribution is -2.40. The van der Waals surface area contributed by atoms with Crippen LogP contribution in [0.5, 0.6) is 0 Å². The topological polar surface area (TPSA) is 36.4 Å². The summed E-state index contributed by atoms with van der Waals surface area (Å²) in [7, 11) is 0. The molecule has 0 aromatic carbocycles. The molecule has 0 aromatic heterocycles. The van der Waals surface area contributed by atoms with Gasteiger partial charge in [-0.15, -0.1) is 0 Å². The predicted molar refractivity (Wildman–Crippen MR) is 32.2 cm³/mol. The molecule has 0 spiro atoms. The van der Waals surface area contributed by atoms with Crippen LogP contribution in [0, 0.1) is 0 Å². The molecule has 0 bridgehead atoms. The van der Waals surface area contributed by atoms with Gasteiger partial charge < -0.3 is 5.43 Å². The molecule has 38 valence electrons. The van der Waals surface area contributed by atoms with E-state index in [1.807, 2.05) is 0 Å². The Balaban J connectivity index is 2.51. The van der Waals surface area contributed by atoms with Crippen LogP contribution in [0.25, 0.3) is 0 Å². The zero-order valence-electron chi connectivity index (χ0n) is 3.64. The highest BCUT2D eigenvalue weighted by Gasteiger charge is 1.91. The molecule has 0 saturated carbocycles. The van der Waals surface area contributed by atoms with E-state index in [9.17, 15) is 0 Å². The van der Waals surface area contributed by atoms with Crippen LogP contribution in [-0.4, -0.2) is 17.9 Å². The smallest absolute Gasteiger partial charge is 0.131 e. The van der Waals surface area contributed by atoms with Gasteiger partial charge in [-0.05, 0) is 0 Å². The van der Waals surface area contributed by atoms with Gasteiger partial charge in [0.1, 0.15) is 11.7 Å². The van der Waals surface area contributed by atoms with Gasteiger partial charge in [0.25, 0.3) is 0 Å². The molecule has 0 radical (unpaired) electrons. The lowest BCUT2D eigenvalue weighted by atomic mass is 10.7. The van der Waals surface area contributed by atoms with Crippen molar-refractivity contribution in [2.45, 2.75) is 0 Å². The number of hydrogen-bond acceptors (Lipinski definition) is 3. The third-order valence-electron chi connectivity index (χ3n) is 0.590. The van der Waals surface area contributed by atoms with E-state index in [0.717, 1.165) is 0 Å². The first kappa shape index (κ1) is 4.67. The summed E-state index contributed by atoms with van der Waals surface area (Å²) in [5.74, 6) is 0. The Hall–Kier alpha value is -0.480. The van der Waals surface area contributed by atoms with Crippen LogP contribution in [0.4, 0.5) is 0 Å². The number of aliphatic imine (C=N–C) groups is 1. The maximum atomic E-state index is 4.68. The van der Waals surface area contributed by atoms with E-state index in [4.69, 9.17) is 0 Å². The molecule has 0 unspecified atom stereocenters. The van der Waals surface area contributed by atoms with E-state index in [2.05, 4.69) is 28.1 Å². The van der Waals surface area contributed by atoms with Gasteiger partial charge in [0.15, 0.2) is 0 Å². The fourth-order valence-electron chi connectivity index (χ4n) is 0.333. The molecule has 2 N–H and O–H groups in total. The van der Waals surface area contributed by atoms with Crippen molar-refractivity contribution in [3.8, 4) is 0 Å². The van der Waals surface area contributed by atoms with Gasteiger partial charge >= 0.3 is 0 Å². The minimum Gasteiger partial charge on any atom is -0.309 e. The largest absolute Gasteiger partial charge is 0.309 e. The summed E-state index contributed by atoms with van der Waals surface area (Å²) in [6, 6.07) is 0. The van der Waals surface area contributed by atoms with Crippen LogP contribution < -0.4 is 10.9 Å². The number of rotatable bonds is 0. The highest BCUT2D eigenvalue weighted by molar-refractivity contribution is 7.81. The molecule has 1 heterocycles. The van der Waals surface area contributed by atoms with Crippen molar-refractivity contribution < 1.29 is 0 Å². The third kappa shape index (κ3) is 1.21. The van der Waals surface area contributed by atoms with Crippen molar-refractivity contribution >= 4 is 23.4 Å². The standard InChI is InChI=1S/C3H5N3S/c7-3-1-4-2-5-6-3/h1,5H,2H2,(H,6,7). The summed E-state index contributed by atoms with van der Waals surface area (Å²) >= 11 is 4.68. The molecule has 0 aromatic rings. The summed E-state index contributed by atoms with van der Waals surface area (Å²) < 4.78 is 0. The average molecular weight is 115 g/mol. The van der Waals surface area contributed by atoms with E-state index < -0.39 is 0 Å². The molecule has 3 nitrogen and oxygen atoms in total. The van der Waals surface area contributed by atoms with Crippen LogP contribution in [-0.2, 0) is 0 Å². The molecule has 4 heteroatoms. The van der Waals surface area contributed by atoms with E-state index in [1.54, 1.807) is 6.21 Å². The molecule has 1 aliphatic rings. The van der Waals surface area contributed by atoms with Gasteiger partial charge in [0.2, 0.25) is 0 Å². The van der Waals surface area contributed by atoms with Crippen molar-refractivity contribution in [3.05, 3.63) is 0 Å². The zero-order chi connectivity index (χ0) is 5.11. The molecule has 1 aliphatic heterocycles. The summed E-state index contributed by atoms with van der Waals surface area (Å²) in [6.45, 7) is 0.611. The summed E-state index contributed by atoms with van der Waals surface area (Å²) in [5.41, 5.74) is 5.46. The second kappa shape index (κ2) is 1.99. The van der Waals surface area contributed by atoms with Crippen LogP contribution in [0.15, 0.2) is 4.99 Å². The monoisotopic (exact) mass is 115 g/mol. The predicted octanol–water partition coefficient (Wildman–Crippen LogP) is -0.550. The SMILES string of the molecule is S=C1C=NCNN1. The normalized spacial score (nSPS) is 19.1. The molecule has 0 atom stereocenters. The number of hydrogen-bond donors (Lipinski definition) is 2. The molecule has 0 saturated heterocycles. The first-order valence-corrected chi connectivity index (χ1v) is 2.33. The Kier molecular flexibility index (Phi) is 1.33. The fraction of sp³-hybridized carbons (Fsp3) is 0.333. The van der Waals surface area contributed by atoms with E-state index in [1.165, 1.54) is 0 Å². The van der Waals surface area contributed by atoms with Crippen LogP contribution in [0.2, 0.25) is 0 Å². The summed E-state index contributed by atoms with van der Waals surface area (Å²) in [4.78, 5) is 4.46. The Bertz CT molecular complexity index is 109. The van der Waals surface area contributed by atoms with E-state index in [0.29, 0.717) is 11.7 Å². The lowest BCUT2D eigenvalue weighted by molar-refractivity contribution is 0.670. The second-order valence-electron chi connectivity index (χ2n) is 1.14. The second-order valence-corrected chi connectivity index (χ2v) is 1.58. The van der Waals surface area contributed by atoms with Crippen molar-refractivity contribution in [1.82, 2.24) is 10.9 Å². The maximum absolute atomic E-state index is 4.68. The quantitative estimate of drug-likeness (QED) is 0.416. The van der Waals surface area contributed by atoms with Gasteiger partial charge in [0.05, 0.1) is 6.21 Å². The lowest BCUT2D eigenvalue weighted by Gasteiger charge is -2.06. The molecule has 0 fully saturated rings. The minimum absolute atomic E-state index is 0.611.